The van der Waals surface area contributed by atoms with Crippen LogP contribution >= 0.6 is 0 Å². The molecule has 0 aliphatic carbocycles. The van der Waals surface area contributed by atoms with Crippen LogP contribution in [0.5, 0.6) is 0 Å². The molecule has 80 valence electrons. The Labute approximate surface area is 90.9 Å². The third-order valence-corrected chi connectivity index (χ3v) is 3.01. The Morgan fingerprint density at radius 2 is 2.07 bits per heavy atom. The summed E-state index contributed by atoms with van der Waals surface area (Å²) in [4.78, 5) is 13.7. The van der Waals surface area contributed by atoms with E-state index < -0.39 is 0 Å². The van der Waals surface area contributed by atoms with Gasteiger partial charge in [-0.1, -0.05) is 12.1 Å². The standard InChI is InChI=1S/C13H17NO/c1-10-5-4-6-11(7-10)14-9-12(15)8-13(14,2)3/h4-7H,8-9H2,1-3H3. The SMILES string of the molecule is Cc1cccc(N2CC(=O)CC2(C)C)c1. The number of carbonyl (C=O) groups excluding carboxylic acids is 1. The molecule has 1 heterocycles. The first-order chi connectivity index (χ1) is 6.99. The highest BCUT2D eigenvalue weighted by Gasteiger charge is 2.37. The van der Waals surface area contributed by atoms with E-state index in [0.717, 1.165) is 5.69 Å². The van der Waals surface area contributed by atoms with E-state index in [-0.39, 0.29) is 5.54 Å². The van der Waals surface area contributed by atoms with Crippen molar-refractivity contribution in [2.24, 2.45) is 0 Å². The van der Waals surface area contributed by atoms with Gasteiger partial charge in [0.1, 0.15) is 0 Å². The van der Waals surface area contributed by atoms with Crippen LogP contribution in [0.4, 0.5) is 5.69 Å². The van der Waals surface area contributed by atoms with Gasteiger partial charge in [0.25, 0.3) is 0 Å². The fourth-order valence-electron chi connectivity index (χ4n) is 2.26. The van der Waals surface area contributed by atoms with Crippen molar-refractivity contribution < 1.29 is 4.79 Å². The van der Waals surface area contributed by atoms with E-state index in [1.54, 1.807) is 0 Å². The number of hydrogen-bond donors (Lipinski definition) is 0. The van der Waals surface area contributed by atoms with E-state index in [1.807, 2.05) is 6.07 Å². The fraction of sp³-hybridized carbons (Fsp3) is 0.462. The predicted molar refractivity (Wildman–Crippen MR) is 62.2 cm³/mol. The second-order valence-corrected chi connectivity index (χ2v) is 4.95. The highest BCUT2D eigenvalue weighted by molar-refractivity contribution is 5.89. The summed E-state index contributed by atoms with van der Waals surface area (Å²) in [6.45, 7) is 6.88. The van der Waals surface area contributed by atoms with Gasteiger partial charge in [-0.15, -0.1) is 0 Å². The first-order valence-corrected chi connectivity index (χ1v) is 5.35. The first kappa shape index (κ1) is 10.2. The molecule has 0 unspecified atom stereocenters. The molecule has 0 amide bonds. The summed E-state index contributed by atoms with van der Waals surface area (Å²) in [7, 11) is 0. The molecular formula is C13H17NO. The number of hydrogen-bond acceptors (Lipinski definition) is 2. The van der Waals surface area contributed by atoms with Crippen LogP contribution in [0, 0.1) is 6.92 Å². The molecule has 0 atom stereocenters. The number of Topliss-reactive ketones (excluding diaryl/α,β-unsaturated/α-hetero) is 1. The predicted octanol–water partition coefficient (Wildman–Crippen LogP) is 2.55. The molecule has 0 spiro atoms. The van der Waals surface area contributed by atoms with Gasteiger partial charge >= 0.3 is 0 Å². The number of benzene rings is 1. The first-order valence-electron chi connectivity index (χ1n) is 5.35. The van der Waals surface area contributed by atoms with E-state index in [1.165, 1.54) is 5.56 Å². The number of nitrogens with zero attached hydrogens (tertiary/aromatic N) is 1. The molecule has 1 aliphatic heterocycles. The molecule has 1 aromatic carbocycles. The van der Waals surface area contributed by atoms with Crippen molar-refractivity contribution in [2.45, 2.75) is 32.7 Å². The topological polar surface area (TPSA) is 20.3 Å². The van der Waals surface area contributed by atoms with Crippen molar-refractivity contribution in [3.63, 3.8) is 0 Å². The lowest BCUT2D eigenvalue weighted by atomic mass is 10.0. The zero-order chi connectivity index (χ0) is 11.1. The van der Waals surface area contributed by atoms with Crippen molar-refractivity contribution in [2.75, 3.05) is 11.4 Å². The van der Waals surface area contributed by atoms with Gasteiger partial charge in [0.2, 0.25) is 0 Å². The van der Waals surface area contributed by atoms with Crippen LogP contribution in [0.25, 0.3) is 0 Å². The molecule has 2 heteroatoms. The second-order valence-electron chi connectivity index (χ2n) is 4.95. The van der Waals surface area contributed by atoms with Gasteiger partial charge in [0.05, 0.1) is 6.54 Å². The van der Waals surface area contributed by atoms with Gasteiger partial charge in [0.15, 0.2) is 5.78 Å². The Morgan fingerprint density at radius 1 is 1.33 bits per heavy atom. The quantitative estimate of drug-likeness (QED) is 0.699. The summed E-state index contributed by atoms with van der Waals surface area (Å²) in [5, 5.41) is 0. The minimum atomic E-state index is -0.0368. The molecule has 15 heavy (non-hydrogen) atoms. The van der Waals surface area contributed by atoms with Crippen LogP contribution in [-0.2, 0) is 4.79 Å². The minimum absolute atomic E-state index is 0.0368. The average Bonchev–Trinajstić information content (AvgIpc) is 2.39. The van der Waals surface area contributed by atoms with Gasteiger partial charge in [-0.2, -0.15) is 0 Å². The van der Waals surface area contributed by atoms with E-state index in [2.05, 4.69) is 43.9 Å². The molecular weight excluding hydrogens is 186 g/mol. The lowest BCUT2D eigenvalue weighted by molar-refractivity contribution is -0.116. The number of rotatable bonds is 1. The minimum Gasteiger partial charge on any atom is -0.359 e. The van der Waals surface area contributed by atoms with E-state index in [4.69, 9.17) is 0 Å². The molecule has 0 aromatic heterocycles. The highest BCUT2D eigenvalue weighted by atomic mass is 16.1. The largest absolute Gasteiger partial charge is 0.359 e. The van der Waals surface area contributed by atoms with Crippen LogP contribution in [0.2, 0.25) is 0 Å². The number of carbonyl (C=O) groups is 1. The number of aryl methyl sites for hydroxylation is 1. The Kier molecular flexibility index (Phi) is 2.29. The van der Waals surface area contributed by atoms with Crippen LogP contribution in [-0.4, -0.2) is 17.9 Å². The van der Waals surface area contributed by atoms with Crippen LogP contribution in [0.1, 0.15) is 25.8 Å². The number of anilines is 1. The molecule has 2 nitrogen and oxygen atoms in total. The summed E-state index contributed by atoms with van der Waals surface area (Å²) in [5.41, 5.74) is 2.36. The maximum Gasteiger partial charge on any atom is 0.154 e. The Balaban J connectivity index is 2.35. The monoisotopic (exact) mass is 203 g/mol. The molecule has 1 aliphatic rings. The average molecular weight is 203 g/mol. The fourth-order valence-corrected chi connectivity index (χ4v) is 2.26. The zero-order valence-electron chi connectivity index (χ0n) is 9.58. The molecule has 0 bridgehead atoms. The molecule has 1 fully saturated rings. The van der Waals surface area contributed by atoms with Crippen molar-refractivity contribution >= 4 is 11.5 Å². The van der Waals surface area contributed by atoms with Crippen molar-refractivity contribution in [1.82, 2.24) is 0 Å². The third-order valence-electron chi connectivity index (χ3n) is 3.01. The lowest BCUT2D eigenvalue weighted by Gasteiger charge is -2.32. The van der Waals surface area contributed by atoms with Gasteiger partial charge in [-0.25, -0.2) is 0 Å². The Morgan fingerprint density at radius 3 is 2.60 bits per heavy atom. The van der Waals surface area contributed by atoms with Gasteiger partial charge in [-0.05, 0) is 38.5 Å². The summed E-state index contributed by atoms with van der Waals surface area (Å²) in [5.74, 6) is 0.335. The molecule has 1 saturated heterocycles. The van der Waals surface area contributed by atoms with Gasteiger partial charge in [-0.3, -0.25) is 4.79 Å². The van der Waals surface area contributed by atoms with E-state index >= 15 is 0 Å². The second kappa shape index (κ2) is 3.37. The third kappa shape index (κ3) is 1.89. The Hall–Kier alpha value is -1.31. The zero-order valence-corrected chi connectivity index (χ0v) is 9.58. The van der Waals surface area contributed by atoms with Crippen LogP contribution in [0.3, 0.4) is 0 Å². The summed E-state index contributed by atoms with van der Waals surface area (Å²) < 4.78 is 0. The van der Waals surface area contributed by atoms with Crippen molar-refractivity contribution in [1.29, 1.82) is 0 Å². The van der Waals surface area contributed by atoms with Crippen LogP contribution in [0.15, 0.2) is 24.3 Å². The van der Waals surface area contributed by atoms with E-state index in [0.29, 0.717) is 18.7 Å². The lowest BCUT2D eigenvalue weighted by Crippen LogP contribution is -2.38. The molecule has 1 aromatic rings. The smallest absolute Gasteiger partial charge is 0.154 e. The highest BCUT2D eigenvalue weighted by Crippen LogP contribution is 2.32. The number of ketones is 1. The van der Waals surface area contributed by atoms with Gasteiger partial charge in [0, 0.05) is 17.6 Å². The normalized spacial score (nSPS) is 19.7. The summed E-state index contributed by atoms with van der Waals surface area (Å²) >= 11 is 0. The maximum absolute atomic E-state index is 11.5. The summed E-state index contributed by atoms with van der Waals surface area (Å²) in [6, 6.07) is 8.34. The van der Waals surface area contributed by atoms with Crippen LogP contribution < -0.4 is 4.90 Å². The van der Waals surface area contributed by atoms with Crippen molar-refractivity contribution in [3.05, 3.63) is 29.8 Å². The molecule has 0 N–H and O–H groups in total. The van der Waals surface area contributed by atoms with Gasteiger partial charge < -0.3 is 4.90 Å². The Bertz CT molecular complexity index is 395. The molecule has 2 rings (SSSR count). The van der Waals surface area contributed by atoms with E-state index in [9.17, 15) is 4.79 Å². The molecule has 0 saturated carbocycles. The maximum atomic E-state index is 11.5. The molecule has 0 radical (unpaired) electrons. The van der Waals surface area contributed by atoms with Crippen molar-refractivity contribution in [3.8, 4) is 0 Å². The summed E-state index contributed by atoms with van der Waals surface area (Å²) in [6.07, 6.45) is 0.654.